The summed E-state index contributed by atoms with van der Waals surface area (Å²) in [7, 11) is 0. The second-order valence-corrected chi connectivity index (χ2v) is 8.57. The summed E-state index contributed by atoms with van der Waals surface area (Å²) in [6, 6.07) is 7.19. The number of hydrogen-bond donors (Lipinski definition) is 1. The third kappa shape index (κ3) is 5.01. The predicted molar refractivity (Wildman–Crippen MR) is 118 cm³/mol. The number of aromatic nitrogens is 6. The maximum Gasteiger partial charge on any atom is 0.306 e. The quantitative estimate of drug-likeness (QED) is 0.287. The highest BCUT2D eigenvalue weighted by atomic mass is 35.5. The van der Waals surface area contributed by atoms with Gasteiger partial charge in [-0.2, -0.15) is 10.2 Å². The summed E-state index contributed by atoms with van der Waals surface area (Å²) in [4.78, 5) is 10.3. The number of benzene rings is 1. The Morgan fingerprint density at radius 3 is 2.71 bits per heavy atom. The van der Waals surface area contributed by atoms with Gasteiger partial charge in [-0.25, -0.2) is 0 Å². The summed E-state index contributed by atoms with van der Waals surface area (Å²) < 4.78 is 3.25. The van der Waals surface area contributed by atoms with Crippen LogP contribution in [0.3, 0.4) is 0 Å². The summed E-state index contributed by atoms with van der Waals surface area (Å²) in [6.45, 7) is 2.85. The summed E-state index contributed by atoms with van der Waals surface area (Å²) in [5.41, 5.74) is 0.756. The lowest BCUT2D eigenvalue weighted by atomic mass is 10.2. The first kappa shape index (κ1) is 21.2. The molecule has 4 aromatic rings. The molecule has 0 bridgehead atoms. The lowest BCUT2D eigenvalue weighted by Gasteiger charge is -2.07. The van der Waals surface area contributed by atoms with Crippen molar-refractivity contribution in [2.24, 2.45) is 0 Å². The molecule has 4 rings (SSSR count). The monoisotopic (exact) mass is 478 g/mol. The van der Waals surface area contributed by atoms with E-state index in [1.165, 1.54) is 28.4 Å². The van der Waals surface area contributed by atoms with Crippen molar-refractivity contribution >= 4 is 51.2 Å². The van der Waals surface area contributed by atoms with Gasteiger partial charge < -0.3 is 5.32 Å². The SMILES string of the molecule is C[C@@H](Cn1cc([N+](=O)[O-])cn1)c1nnc(Nc2ccn(Cc3c(Cl)cccc3Cl)n2)s1. The molecule has 0 radical (unpaired) electrons. The molecule has 3 heterocycles. The zero-order valence-electron chi connectivity index (χ0n) is 16.1. The van der Waals surface area contributed by atoms with Gasteiger partial charge >= 0.3 is 5.69 Å². The van der Waals surface area contributed by atoms with E-state index in [1.807, 2.05) is 19.2 Å². The molecular formula is C18H16Cl2N8O2S. The van der Waals surface area contributed by atoms with E-state index < -0.39 is 4.92 Å². The highest BCUT2D eigenvalue weighted by Gasteiger charge is 2.16. The number of anilines is 2. The van der Waals surface area contributed by atoms with Gasteiger partial charge in [0.1, 0.15) is 17.4 Å². The van der Waals surface area contributed by atoms with Crippen molar-refractivity contribution < 1.29 is 4.92 Å². The van der Waals surface area contributed by atoms with E-state index >= 15 is 0 Å². The van der Waals surface area contributed by atoms with Gasteiger partial charge in [-0.05, 0) is 12.1 Å². The van der Waals surface area contributed by atoms with Crippen LogP contribution in [0.15, 0.2) is 42.9 Å². The van der Waals surface area contributed by atoms with Crippen molar-refractivity contribution in [2.45, 2.75) is 25.9 Å². The fraction of sp³-hybridized carbons (Fsp3) is 0.222. The lowest BCUT2D eigenvalue weighted by Crippen LogP contribution is -2.06. The molecule has 10 nitrogen and oxygen atoms in total. The van der Waals surface area contributed by atoms with Crippen LogP contribution < -0.4 is 5.32 Å². The fourth-order valence-corrected chi connectivity index (χ4v) is 4.17. The van der Waals surface area contributed by atoms with E-state index in [0.29, 0.717) is 34.1 Å². The highest BCUT2D eigenvalue weighted by molar-refractivity contribution is 7.15. The normalized spacial score (nSPS) is 12.1. The number of nitrogens with zero attached hydrogens (tertiary/aromatic N) is 7. The molecule has 0 unspecified atom stereocenters. The van der Waals surface area contributed by atoms with Gasteiger partial charge in [0.15, 0.2) is 5.82 Å². The predicted octanol–water partition coefficient (Wildman–Crippen LogP) is 4.74. The lowest BCUT2D eigenvalue weighted by molar-refractivity contribution is -0.385. The van der Waals surface area contributed by atoms with Crippen LogP contribution in [-0.2, 0) is 13.1 Å². The average Bonchev–Trinajstić information content (AvgIpc) is 3.46. The molecule has 0 amide bonds. The van der Waals surface area contributed by atoms with Gasteiger partial charge in [0.05, 0.1) is 18.0 Å². The Bertz CT molecular complexity index is 1200. The summed E-state index contributed by atoms with van der Waals surface area (Å²) >= 11 is 13.8. The van der Waals surface area contributed by atoms with E-state index in [0.717, 1.165) is 10.6 Å². The molecule has 0 saturated heterocycles. The standard InChI is InChI=1S/C18H16Cl2N8O2S/c1-11(8-27-9-12(7-21-27)28(29)30)17-23-24-18(31-17)22-16-5-6-26(25-16)10-13-14(19)3-2-4-15(13)20/h2-7,9,11H,8,10H2,1H3,(H,22,24,25)/t11-/m0/s1. The third-order valence-corrected chi connectivity index (χ3v) is 6.19. The third-order valence-electron chi connectivity index (χ3n) is 4.41. The Balaban J connectivity index is 1.39. The van der Waals surface area contributed by atoms with Gasteiger partial charge in [0, 0.05) is 33.8 Å². The Morgan fingerprint density at radius 1 is 1.23 bits per heavy atom. The first-order chi connectivity index (χ1) is 14.9. The van der Waals surface area contributed by atoms with Crippen molar-refractivity contribution in [3.8, 4) is 0 Å². The van der Waals surface area contributed by atoms with Gasteiger partial charge in [0.2, 0.25) is 5.13 Å². The maximum absolute atomic E-state index is 10.8. The average molecular weight is 479 g/mol. The van der Waals surface area contributed by atoms with Crippen molar-refractivity contribution in [1.29, 1.82) is 0 Å². The van der Waals surface area contributed by atoms with Crippen LogP contribution in [0.5, 0.6) is 0 Å². The van der Waals surface area contributed by atoms with E-state index in [-0.39, 0.29) is 11.6 Å². The van der Waals surface area contributed by atoms with E-state index in [1.54, 1.807) is 22.9 Å². The minimum Gasteiger partial charge on any atom is -0.313 e. The van der Waals surface area contributed by atoms with Crippen molar-refractivity contribution in [2.75, 3.05) is 5.32 Å². The smallest absolute Gasteiger partial charge is 0.306 e. The molecule has 1 atom stereocenters. The number of nitro groups is 1. The molecule has 0 spiro atoms. The molecule has 0 aliphatic rings. The van der Waals surface area contributed by atoms with Crippen LogP contribution in [0.1, 0.15) is 23.4 Å². The summed E-state index contributed by atoms with van der Waals surface area (Å²) in [5, 5.41) is 33.3. The van der Waals surface area contributed by atoms with Gasteiger partial charge in [-0.3, -0.25) is 19.5 Å². The zero-order chi connectivity index (χ0) is 22.0. The maximum atomic E-state index is 10.8. The van der Waals surface area contributed by atoms with E-state index in [9.17, 15) is 10.1 Å². The second kappa shape index (κ2) is 9.00. The molecule has 3 aromatic heterocycles. The molecule has 1 N–H and O–H groups in total. The van der Waals surface area contributed by atoms with Gasteiger partial charge in [-0.15, -0.1) is 10.2 Å². The van der Waals surface area contributed by atoms with E-state index in [2.05, 4.69) is 25.7 Å². The largest absolute Gasteiger partial charge is 0.313 e. The first-order valence-corrected chi connectivity index (χ1v) is 10.7. The first-order valence-electron chi connectivity index (χ1n) is 9.12. The van der Waals surface area contributed by atoms with Crippen LogP contribution in [0.4, 0.5) is 16.6 Å². The molecule has 1 aromatic carbocycles. The van der Waals surface area contributed by atoms with Crippen LogP contribution in [-0.4, -0.2) is 34.7 Å². The topological polar surface area (TPSA) is 117 Å². The molecule has 160 valence electrons. The Labute approximate surface area is 190 Å². The van der Waals surface area contributed by atoms with Crippen molar-refractivity contribution in [3.05, 3.63) is 73.6 Å². The molecule has 13 heteroatoms. The van der Waals surface area contributed by atoms with Crippen LogP contribution in [0, 0.1) is 10.1 Å². The molecule has 0 aliphatic heterocycles. The van der Waals surface area contributed by atoms with E-state index in [4.69, 9.17) is 23.2 Å². The summed E-state index contributed by atoms with van der Waals surface area (Å²) in [5.74, 6) is 0.591. The minimum atomic E-state index is -0.472. The number of halogens is 2. The molecule has 0 saturated carbocycles. The van der Waals surface area contributed by atoms with Gasteiger partial charge in [-0.1, -0.05) is 47.5 Å². The van der Waals surface area contributed by atoms with Crippen LogP contribution in [0.2, 0.25) is 10.0 Å². The Hall–Kier alpha value is -3.02. The Morgan fingerprint density at radius 2 is 2.00 bits per heavy atom. The summed E-state index contributed by atoms with van der Waals surface area (Å²) in [6.07, 6.45) is 4.44. The highest BCUT2D eigenvalue weighted by Crippen LogP contribution is 2.28. The van der Waals surface area contributed by atoms with Gasteiger partial charge in [0.25, 0.3) is 0 Å². The molecule has 0 fully saturated rings. The fourth-order valence-electron chi connectivity index (χ4n) is 2.86. The Kier molecular flexibility index (Phi) is 6.16. The zero-order valence-corrected chi connectivity index (χ0v) is 18.5. The van der Waals surface area contributed by atoms with Crippen LogP contribution in [0.25, 0.3) is 0 Å². The number of hydrogen-bond acceptors (Lipinski definition) is 8. The number of rotatable bonds is 8. The molecule has 0 aliphatic carbocycles. The molecular weight excluding hydrogens is 463 g/mol. The second-order valence-electron chi connectivity index (χ2n) is 6.75. The van der Waals surface area contributed by atoms with Crippen LogP contribution >= 0.6 is 34.5 Å². The number of nitrogens with one attached hydrogen (secondary N) is 1. The van der Waals surface area contributed by atoms with Crippen molar-refractivity contribution in [3.63, 3.8) is 0 Å². The minimum absolute atomic E-state index is 0.0209. The van der Waals surface area contributed by atoms with Crippen molar-refractivity contribution in [1.82, 2.24) is 29.8 Å². The molecule has 31 heavy (non-hydrogen) atoms.